The Kier molecular flexibility index (Phi) is 1.76. The lowest BCUT2D eigenvalue weighted by Crippen LogP contribution is -2.36. The van der Waals surface area contributed by atoms with E-state index in [1.807, 2.05) is 6.92 Å². The zero-order valence-corrected chi connectivity index (χ0v) is 8.08. The number of ether oxygens (including phenoxy) is 1. The number of carbonyl (C=O) groups is 1. The van der Waals surface area contributed by atoms with Crippen LogP contribution in [0.3, 0.4) is 0 Å². The highest BCUT2D eigenvalue weighted by Crippen LogP contribution is 2.27. The van der Waals surface area contributed by atoms with Gasteiger partial charge in [-0.1, -0.05) is 0 Å². The molecule has 5 nitrogen and oxygen atoms in total. The van der Waals surface area contributed by atoms with Gasteiger partial charge in [-0.15, -0.1) is 0 Å². The van der Waals surface area contributed by atoms with Crippen molar-refractivity contribution in [3.63, 3.8) is 0 Å². The van der Waals surface area contributed by atoms with E-state index in [1.54, 1.807) is 0 Å². The first kappa shape index (κ1) is 8.80. The van der Waals surface area contributed by atoms with Crippen molar-refractivity contribution in [2.24, 2.45) is 0 Å². The summed E-state index contributed by atoms with van der Waals surface area (Å²) in [6, 6.07) is -0.248. The topological polar surface area (TPSA) is 63.7 Å². The molecule has 2 heterocycles. The first-order valence-electron chi connectivity index (χ1n) is 4.21. The number of hydrogen-bond acceptors (Lipinski definition) is 4. The van der Waals surface area contributed by atoms with Gasteiger partial charge in [0.1, 0.15) is 6.10 Å². The van der Waals surface area contributed by atoms with E-state index in [-0.39, 0.29) is 23.6 Å². The van der Waals surface area contributed by atoms with Crippen molar-refractivity contribution in [1.29, 1.82) is 0 Å². The molecule has 0 aromatic heterocycles. The van der Waals surface area contributed by atoms with Crippen molar-refractivity contribution < 1.29 is 17.9 Å². The summed E-state index contributed by atoms with van der Waals surface area (Å²) in [5, 5.41) is 0. The third-order valence-corrected chi connectivity index (χ3v) is 4.19. The number of sulfone groups is 1. The van der Waals surface area contributed by atoms with Crippen molar-refractivity contribution in [2.75, 3.05) is 18.1 Å². The van der Waals surface area contributed by atoms with Crippen LogP contribution in [0.25, 0.3) is 0 Å². The number of fused-ring (bicyclic) bond motifs is 1. The Bertz CT molecular complexity index is 336. The van der Waals surface area contributed by atoms with E-state index < -0.39 is 15.9 Å². The number of amides is 1. The Morgan fingerprint density at radius 1 is 1.54 bits per heavy atom. The molecular formula is C7H11NO4S. The van der Waals surface area contributed by atoms with E-state index in [9.17, 15) is 13.2 Å². The number of likely N-dealkylation sites (N-methyl/N-ethyl adjacent to an activating group) is 1. The number of carbonyl (C=O) groups excluding carboxylic acids is 1. The van der Waals surface area contributed by atoms with Gasteiger partial charge < -0.3 is 9.64 Å². The summed E-state index contributed by atoms with van der Waals surface area (Å²) in [6.45, 7) is 2.32. The molecule has 0 radical (unpaired) electrons. The van der Waals surface area contributed by atoms with Crippen molar-refractivity contribution in [1.82, 2.24) is 4.90 Å². The van der Waals surface area contributed by atoms with Crippen LogP contribution in [0, 0.1) is 0 Å². The third-order valence-electron chi connectivity index (χ3n) is 2.50. The summed E-state index contributed by atoms with van der Waals surface area (Å²) in [4.78, 5) is 12.6. The monoisotopic (exact) mass is 205 g/mol. The van der Waals surface area contributed by atoms with Gasteiger partial charge in [-0.05, 0) is 6.92 Å². The minimum absolute atomic E-state index is 0.0140. The van der Waals surface area contributed by atoms with Gasteiger partial charge in [0, 0.05) is 6.54 Å². The van der Waals surface area contributed by atoms with Crippen LogP contribution >= 0.6 is 0 Å². The standard InChI is InChI=1S/C7H11NO4S/c1-2-8-5-3-13(10,11)4-6(5)12-7(8)9/h5-6H,2-4H2,1H3. The molecule has 74 valence electrons. The lowest BCUT2D eigenvalue weighted by molar-refractivity contribution is 0.139. The average Bonchev–Trinajstić information content (AvgIpc) is 2.39. The maximum absolute atomic E-state index is 11.2. The van der Waals surface area contributed by atoms with Crippen molar-refractivity contribution >= 4 is 15.9 Å². The van der Waals surface area contributed by atoms with Gasteiger partial charge in [0.15, 0.2) is 9.84 Å². The van der Waals surface area contributed by atoms with Crippen LogP contribution < -0.4 is 0 Å². The second-order valence-electron chi connectivity index (χ2n) is 3.35. The highest BCUT2D eigenvalue weighted by molar-refractivity contribution is 7.91. The lowest BCUT2D eigenvalue weighted by atomic mass is 10.2. The van der Waals surface area contributed by atoms with Crippen molar-refractivity contribution in [2.45, 2.75) is 19.1 Å². The quantitative estimate of drug-likeness (QED) is 0.585. The molecule has 1 amide bonds. The van der Waals surface area contributed by atoms with Crippen molar-refractivity contribution in [3.8, 4) is 0 Å². The lowest BCUT2D eigenvalue weighted by Gasteiger charge is -2.16. The summed E-state index contributed by atoms with van der Waals surface area (Å²) in [7, 11) is -2.99. The van der Waals surface area contributed by atoms with Crippen LogP contribution in [0.4, 0.5) is 4.79 Å². The molecule has 2 aliphatic heterocycles. The second-order valence-corrected chi connectivity index (χ2v) is 5.51. The molecule has 0 saturated carbocycles. The molecule has 0 bridgehead atoms. The van der Waals surface area contributed by atoms with E-state index >= 15 is 0 Å². The summed E-state index contributed by atoms with van der Waals surface area (Å²) >= 11 is 0. The van der Waals surface area contributed by atoms with Gasteiger partial charge in [-0.25, -0.2) is 13.2 Å². The fourth-order valence-electron chi connectivity index (χ4n) is 1.90. The number of rotatable bonds is 1. The van der Waals surface area contributed by atoms with E-state index in [4.69, 9.17) is 4.74 Å². The largest absolute Gasteiger partial charge is 0.443 e. The van der Waals surface area contributed by atoms with Crippen LogP contribution in [0.2, 0.25) is 0 Å². The van der Waals surface area contributed by atoms with Gasteiger partial charge in [-0.2, -0.15) is 0 Å². The highest BCUT2D eigenvalue weighted by Gasteiger charge is 2.50. The van der Waals surface area contributed by atoms with E-state index in [0.717, 1.165) is 0 Å². The Hall–Kier alpha value is -0.780. The van der Waals surface area contributed by atoms with E-state index in [0.29, 0.717) is 6.54 Å². The molecule has 0 aromatic rings. The van der Waals surface area contributed by atoms with Gasteiger partial charge in [0.05, 0.1) is 17.5 Å². The molecule has 13 heavy (non-hydrogen) atoms. The minimum atomic E-state index is -2.99. The maximum Gasteiger partial charge on any atom is 0.410 e. The van der Waals surface area contributed by atoms with Crippen LogP contribution in [-0.2, 0) is 14.6 Å². The minimum Gasteiger partial charge on any atom is -0.443 e. The van der Waals surface area contributed by atoms with Crippen molar-refractivity contribution in [3.05, 3.63) is 0 Å². The molecular weight excluding hydrogens is 194 g/mol. The molecule has 2 aliphatic rings. The van der Waals surface area contributed by atoms with Crippen LogP contribution in [0.1, 0.15) is 6.92 Å². The van der Waals surface area contributed by atoms with Gasteiger partial charge >= 0.3 is 6.09 Å². The van der Waals surface area contributed by atoms with Crippen LogP contribution in [0.15, 0.2) is 0 Å². The average molecular weight is 205 g/mol. The summed E-state index contributed by atoms with van der Waals surface area (Å²) in [5.41, 5.74) is 0. The smallest absolute Gasteiger partial charge is 0.410 e. The normalized spacial score (nSPS) is 36.1. The molecule has 0 N–H and O–H groups in total. The molecule has 0 aliphatic carbocycles. The summed E-state index contributed by atoms with van der Waals surface area (Å²) in [6.07, 6.45) is -0.815. The van der Waals surface area contributed by atoms with Gasteiger partial charge in [-0.3, -0.25) is 0 Å². The first-order valence-corrected chi connectivity index (χ1v) is 6.03. The zero-order valence-electron chi connectivity index (χ0n) is 7.26. The molecule has 2 atom stereocenters. The third kappa shape index (κ3) is 1.29. The Morgan fingerprint density at radius 3 is 2.85 bits per heavy atom. The molecule has 2 rings (SSSR count). The second kappa shape index (κ2) is 2.60. The Balaban J connectivity index is 2.24. The molecule has 2 saturated heterocycles. The fourth-order valence-corrected chi connectivity index (χ4v) is 3.74. The Morgan fingerprint density at radius 2 is 2.23 bits per heavy atom. The first-order chi connectivity index (χ1) is 6.03. The molecule has 2 fully saturated rings. The number of nitrogens with zero attached hydrogens (tertiary/aromatic N) is 1. The van der Waals surface area contributed by atoms with E-state index in [1.165, 1.54) is 4.90 Å². The van der Waals surface area contributed by atoms with Crippen LogP contribution in [0.5, 0.6) is 0 Å². The fraction of sp³-hybridized carbons (Fsp3) is 0.857. The highest BCUT2D eigenvalue weighted by atomic mass is 32.2. The summed E-state index contributed by atoms with van der Waals surface area (Å²) in [5.74, 6) is 0.0388. The molecule has 0 spiro atoms. The van der Waals surface area contributed by atoms with E-state index in [2.05, 4.69) is 0 Å². The Labute approximate surface area is 76.6 Å². The molecule has 2 unspecified atom stereocenters. The van der Waals surface area contributed by atoms with Gasteiger partial charge in [0.25, 0.3) is 0 Å². The summed E-state index contributed by atoms with van der Waals surface area (Å²) < 4.78 is 27.3. The molecule has 6 heteroatoms. The van der Waals surface area contributed by atoms with Gasteiger partial charge in [0.2, 0.25) is 0 Å². The van der Waals surface area contributed by atoms with Crippen LogP contribution in [-0.4, -0.2) is 49.6 Å². The maximum atomic E-state index is 11.2. The number of hydrogen-bond donors (Lipinski definition) is 0. The SMILES string of the molecule is CCN1C(=O)OC2CS(=O)(=O)CC21. The predicted octanol–water partition coefficient (Wildman–Crippen LogP) is -0.376. The molecule has 0 aromatic carbocycles. The predicted molar refractivity (Wildman–Crippen MR) is 45.1 cm³/mol. The zero-order chi connectivity index (χ0) is 9.64.